The Bertz CT molecular complexity index is 615. The van der Waals surface area contributed by atoms with Crippen molar-refractivity contribution in [2.75, 3.05) is 7.11 Å². The van der Waals surface area contributed by atoms with Gasteiger partial charge >= 0.3 is 5.97 Å². The van der Waals surface area contributed by atoms with Gasteiger partial charge in [-0.15, -0.1) is 0 Å². The number of H-pyrrole nitrogens is 1. The number of aromatic amines is 1. The molecule has 0 spiro atoms. The molecule has 2 rings (SSSR count). The number of nitrogens with zero attached hydrogens (tertiary/aromatic N) is 3. The standard InChI is InChI=1S/C9H8N4O4/c1-17-6-7(10-3-11-8(6)14)13-2-5(9(15)16)12-4-13/h2-4H,1H3,(H,15,16)(H,10,11,14). The number of ether oxygens (including phenoxy) is 1. The zero-order valence-corrected chi connectivity index (χ0v) is 8.75. The summed E-state index contributed by atoms with van der Waals surface area (Å²) in [6.45, 7) is 0. The van der Waals surface area contributed by atoms with Gasteiger partial charge < -0.3 is 14.8 Å². The van der Waals surface area contributed by atoms with E-state index in [1.807, 2.05) is 0 Å². The van der Waals surface area contributed by atoms with Crippen LogP contribution < -0.4 is 10.3 Å². The molecule has 2 aromatic heterocycles. The second kappa shape index (κ2) is 4.08. The summed E-state index contributed by atoms with van der Waals surface area (Å²) in [6.07, 6.45) is 3.68. The Morgan fingerprint density at radius 3 is 2.88 bits per heavy atom. The largest absolute Gasteiger partial charge is 0.488 e. The molecule has 17 heavy (non-hydrogen) atoms. The van der Waals surface area contributed by atoms with Crippen molar-refractivity contribution in [3.8, 4) is 11.6 Å². The van der Waals surface area contributed by atoms with Crippen LogP contribution in [0.2, 0.25) is 0 Å². The third kappa shape index (κ3) is 1.87. The fraction of sp³-hybridized carbons (Fsp3) is 0.111. The molecule has 2 N–H and O–H groups in total. The minimum atomic E-state index is -1.16. The SMILES string of the molecule is COc1c(-n2cnc(C(=O)O)c2)nc[nH]c1=O. The second-order valence-corrected chi connectivity index (χ2v) is 3.06. The topological polar surface area (TPSA) is 110 Å². The number of nitrogens with one attached hydrogen (secondary N) is 1. The first-order chi connectivity index (χ1) is 8.13. The molecule has 0 fully saturated rings. The summed E-state index contributed by atoms with van der Waals surface area (Å²) in [5, 5.41) is 8.73. The van der Waals surface area contributed by atoms with E-state index in [-0.39, 0.29) is 17.3 Å². The van der Waals surface area contributed by atoms with Crippen molar-refractivity contribution in [2.45, 2.75) is 0 Å². The number of carboxylic acid groups (broad SMARTS) is 1. The first kappa shape index (κ1) is 10.9. The van der Waals surface area contributed by atoms with E-state index in [9.17, 15) is 9.59 Å². The van der Waals surface area contributed by atoms with E-state index in [1.165, 1.54) is 30.5 Å². The molecular weight excluding hydrogens is 228 g/mol. The highest BCUT2D eigenvalue weighted by molar-refractivity contribution is 5.85. The molecular formula is C9H8N4O4. The second-order valence-electron chi connectivity index (χ2n) is 3.06. The van der Waals surface area contributed by atoms with E-state index in [1.54, 1.807) is 0 Å². The van der Waals surface area contributed by atoms with E-state index in [2.05, 4.69) is 15.0 Å². The smallest absolute Gasteiger partial charge is 0.356 e. The summed E-state index contributed by atoms with van der Waals surface area (Å²) in [5.74, 6) is -0.995. The van der Waals surface area contributed by atoms with E-state index in [0.717, 1.165) is 0 Å². The molecule has 0 aliphatic heterocycles. The number of rotatable bonds is 3. The fourth-order valence-electron chi connectivity index (χ4n) is 1.29. The van der Waals surface area contributed by atoms with Crippen molar-refractivity contribution in [3.05, 3.63) is 34.9 Å². The molecule has 0 aliphatic carbocycles. The lowest BCUT2D eigenvalue weighted by molar-refractivity contribution is 0.0691. The lowest BCUT2D eigenvalue weighted by Gasteiger charge is -2.05. The molecule has 88 valence electrons. The lowest BCUT2D eigenvalue weighted by Crippen LogP contribution is -2.13. The summed E-state index contributed by atoms with van der Waals surface area (Å²) >= 11 is 0. The minimum absolute atomic E-state index is 0.0122. The predicted octanol–water partition coefficient (Wildman–Crippen LogP) is -0.338. The van der Waals surface area contributed by atoms with E-state index >= 15 is 0 Å². The van der Waals surface area contributed by atoms with Crippen molar-refractivity contribution in [3.63, 3.8) is 0 Å². The van der Waals surface area contributed by atoms with Crippen LogP contribution >= 0.6 is 0 Å². The molecule has 0 aromatic carbocycles. The third-order valence-electron chi connectivity index (χ3n) is 2.04. The van der Waals surface area contributed by atoms with Gasteiger partial charge in [0.1, 0.15) is 6.33 Å². The highest BCUT2D eigenvalue weighted by atomic mass is 16.5. The zero-order valence-electron chi connectivity index (χ0n) is 8.75. The molecule has 0 aliphatic rings. The number of aromatic carboxylic acids is 1. The van der Waals surface area contributed by atoms with Crippen LogP contribution in [0, 0.1) is 0 Å². The molecule has 0 unspecified atom stereocenters. The number of carboxylic acids is 1. The van der Waals surface area contributed by atoms with Crippen molar-refractivity contribution < 1.29 is 14.6 Å². The quantitative estimate of drug-likeness (QED) is 0.754. The maximum Gasteiger partial charge on any atom is 0.356 e. The van der Waals surface area contributed by atoms with Crippen molar-refractivity contribution in [2.24, 2.45) is 0 Å². The molecule has 0 saturated carbocycles. The van der Waals surface area contributed by atoms with Crippen molar-refractivity contribution in [1.82, 2.24) is 19.5 Å². The van der Waals surface area contributed by atoms with Gasteiger partial charge in [-0.25, -0.2) is 14.8 Å². The number of aromatic nitrogens is 4. The molecule has 8 heteroatoms. The number of hydrogen-bond acceptors (Lipinski definition) is 5. The maximum atomic E-state index is 11.4. The summed E-state index contributed by atoms with van der Waals surface area (Å²) in [7, 11) is 1.32. The van der Waals surface area contributed by atoms with Gasteiger partial charge in [-0.1, -0.05) is 0 Å². The Labute approximate surface area is 94.5 Å². The molecule has 2 heterocycles. The molecule has 2 aromatic rings. The van der Waals surface area contributed by atoms with Crippen LogP contribution in [0.4, 0.5) is 0 Å². The van der Waals surface area contributed by atoms with Gasteiger partial charge in [0, 0.05) is 6.20 Å². The van der Waals surface area contributed by atoms with E-state index in [4.69, 9.17) is 9.84 Å². The Balaban J connectivity index is 2.56. The van der Waals surface area contributed by atoms with Gasteiger partial charge in [0.25, 0.3) is 5.56 Å². The number of methoxy groups -OCH3 is 1. The zero-order chi connectivity index (χ0) is 12.4. The van der Waals surface area contributed by atoms with Crippen LogP contribution in [-0.2, 0) is 0 Å². The monoisotopic (exact) mass is 236 g/mol. The Hall–Kier alpha value is -2.64. The summed E-state index contributed by atoms with van der Waals surface area (Å²) in [5.41, 5.74) is -0.600. The average Bonchev–Trinajstić information content (AvgIpc) is 2.77. The number of carbonyl (C=O) groups is 1. The van der Waals surface area contributed by atoms with Gasteiger partial charge in [0.05, 0.1) is 13.4 Å². The lowest BCUT2D eigenvalue weighted by atomic mass is 10.4. The minimum Gasteiger partial charge on any atom is -0.488 e. The summed E-state index contributed by atoms with van der Waals surface area (Å²) in [4.78, 5) is 32.0. The van der Waals surface area contributed by atoms with Gasteiger partial charge in [0.2, 0.25) is 5.75 Å². The van der Waals surface area contributed by atoms with E-state index < -0.39 is 11.5 Å². The van der Waals surface area contributed by atoms with Crippen LogP contribution in [0.25, 0.3) is 5.82 Å². The molecule has 0 bridgehead atoms. The average molecular weight is 236 g/mol. The van der Waals surface area contributed by atoms with E-state index in [0.29, 0.717) is 0 Å². The van der Waals surface area contributed by atoms with Crippen LogP contribution in [0.3, 0.4) is 0 Å². The van der Waals surface area contributed by atoms with Crippen LogP contribution in [0.15, 0.2) is 23.6 Å². The number of imidazole rings is 1. The van der Waals surface area contributed by atoms with Gasteiger partial charge in [-0.2, -0.15) is 0 Å². The highest BCUT2D eigenvalue weighted by Gasteiger charge is 2.13. The van der Waals surface area contributed by atoms with Gasteiger partial charge in [-0.3, -0.25) is 9.36 Å². The fourth-order valence-corrected chi connectivity index (χ4v) is 1.29. The van der Waals surface area contributed by atoms with Crippen molar-refractivity contribution >= 4 is 5.97 Å². The molecule has 0 radical (unpaired) electrons. The molecule has 8 nitrogen and oxygen atoms in total. The maximum absolute atomic E-state index is 11.4. The van der Waals surface area contributed by atoms with Crippen LogP contribution in [-0.4, -0.2) is 37.7 Å². The Kier molecular flexibility index (Phi) is 2.61. The normalized spacial score (nSPS) is 10.2. The van der Waals surface area contributed by atoms with Gasteiger partial charge in [0.15, 0.2) is 11.5 Å². The highest BCUT2D eigenvalue weighted by Crippen LogP contribution is 2.14. The predicted molar refractivity (Wildman–Crippen MR) is 55.5 cm³/mol. The first-order valence-corrected chi connectivity index (χ1v) is 4.53. The number of hydrogen-bond donors (Lipinski definition) is 2. The third-order valence-corrected chi connectivity index (χ3v) is 2.04. The first-order valence-electron chi connectivity index (χ1n) is 4.53. The van der Waals surface area contributed by atoms with Crippen LogP contribution in [0.1, 0.15) is 10.5 Å². The van der Waals surface area contributed by atoms with Crippen LogP contribution in [0.5, 0.6) is 5.75 Å². The summed E-state index contributed by atoms with van der Waals surface area (Å²) < 4.78 is 6.20. The van der Waals surface area contributed by atoms with Gasteiger partial charge in [-0.05, 0) is 0 Å². The molecule has 0 atom stereocenters. The Morgan fingerprint density at radius 2 is 2.29 bits per heavy atom. The summed E-state index contributed by atoms with van der Waals surface area (Å²) in [6, 6.07) is 0. The molecule has 0 amide bonds. The Morgan fingerprint density at radius 1 is 1.53 bits per heavy atom. The van der Waals surface area contributed by atoms with Crippen molar-refractivity contribution in [1.29, 1.82) is 0 Å². The molecule has 0 saturated heterocycles.